The topological polar surface area (TPSA) is 46.2 Å². The first-order valence-electron chi connectivity index (χ1n) is 7.88. The number of benzene rings is 3. The minimum Gasteiger partial charge on any atom is -0.284 e. The molecule has 1 aliphatic rings. The van der Waals surface area contributed by atoms with E-state index in [4.69, 9.17) is 0 Å². The second kappa shape index (κ2) is 5.80. The second-order valence-electron chi connectivity index (χ2n) is 5.98. The maximum atomic E-state index is 12.7. The molecular formula is C20H17NO2S. The molecule has 0 amide bonds. The van der Waals surface area contributed by atoms with Crippen LogP contribution in [0.25, 0.3) is 11.1 Å². The lowest BCUT2D eigenvalue weighted by Gasteiger charge is -2.15. The molecule has 0 saturated heterocycles. The summed E-state index contributed by atoms with van der Waals surface area (Å²) in [4.78, 5) is 0. The largest absolute Gasteiger partial charge is 0.284 e. The van der Waals surface area contributed by atoms with Gasteiger partial charge >= 0.3 is 0 Å². The third-order valence-corrected chi connectivity index (χ3v) is 5.71. The van der Waals surface area contributed by atoms with Crippen molar-refractivity contribution in [1.82, 2.24) is 0 Å². The van der Waals surface area contributed by atoms with Gasteiger partial charge in [0.15, 0.2) is 0 Å². The van der Waals surface area contributed by atoms with Crippen LogP contribution in [0.1, 0.15) is 17.0 Å². The lowest BCUT2D eigenvalue weighted by molar-refractivity contribution is 0.598. The molecule has 4 rings (SSSR count). The van der Waals surface area contributed by atoms with Crippen molar-refractivity contribution in [3.05, 3.63) is 90.0 Å². The summed E-state index contributed by atoms with van der Waals surface area (Å²) in [5.74, 6) is -0.103. The zero-order chi connectivity index (χ0) is 16.6. The van der Waals surface area contributed by atoms with Gasteiger partial charge in [0.25, 0.3) is 0 Å². The van der Waals surface area contributed by atoms with E-state index in [1.165, 1.54) is 0 Å². The molecule has 120 valence electrons. The lowest BCUT2D eigenvalue weighted by Crippen LogP contribution is -2.21. The molecule has 0 radical (unpaired) electrons. The van der Waals surface area contributed by atoms with E-state index in [0.29, 0.717) is 5.69 Å². The van der Waals surface area contributed by atoms with Crippen LogP contribution in [0.5, 0.6) is 0 Å². The van der Waals surface area contributed by atoms with E-state index in [1.807, 2.05) is 54.6 Å². The van der Waals surface area contributed by atoms with E-state index < -0.39 is 10.0 Å². The average Bonchev–Trinajstić information content (AvgIpc) is 2.90. The van der Waals surface area contributed by atoms with Crippen LogP contribution in [0.3, 0.4) is 0 Å². The standard InChI is InChI=1S/C20H17NO2S/c22-24(23,21-15-8-2-1-3-9-15)14-20-18-12-6-4-10-16(18)17-11-5-7-13-19(17)20/h1-13,20-21H,14H2. The molecule has 0 spiro atoms. The number of anilines is 1. The zero-order valence-electron chi connectivity index (χ0n) is 13.0. The Morgan fingerprint density at radius 2 is 1.21 bits per heavy atom. The first-order chi connectivity index (χ1) is 11.6. The van der Waals surface area contributed by atoms with Crippen molar-refractivity contribution in [3.63, 3.8) is 0 Å². The van der Waals surface area contributed by atoms with Gasteiger partial charge in [-0.05, 0) is 34.4 Å². The Bertz CT molecular complexity index is 936. The highest BCUT2D eigenvalue weighted by atomic mass is 32.2. The molecule has 3 aromatic carbocycles. The summed E-state index contributed by atoms with van der Waals surface area (Å²) in [6, 6.07) is 25.1. The number of nitrogens with one attached hydrogen (secondary N) is 1. The Morgan fingerprint density at radius 3 is 1.79 bits per heavy atom. The van der Waals surface area contributed by atoms with Crippen LogP contribution in [0, 0.1) is 0 Å². The van der Waals surface area contributed by atoms with Crippen LogP contribution in [0.4, 0.5) is 5.69 Å². The fourth-order valence-corrected chi connectivity index (χ4v) is 4.76. The van der Waals surface area contributed by atoms with Crippen LogP contribution in [0.2, 0.25) is 0 Å². The van der Waals surface area contributed by atoms with Crippen molar-refractivity contribution in [2.45, 2.75) is 5.92 Å². The Morgan fingerprint density at radius 1 is 0.708 bits per heavy atom. The average molecular weight is 335 g/mol. The quantitative estimate of drug-likeness (QED) is 0.775. The molecule has 1 aliphatic carbocycles. The van der Waals surface area contributed by atoms with Gasteiger partial charge in [-0.1, -0.05) is 66.7 Å². The van der Waals surface area contributed by atoms with E-state index in [2.05, 4.69) is 16.9 Å². The lowest BCUT2D eigenvalue weighted by atomic mass is 9.99. The van der Waals surface area contributed by atoms with Crippen molar-refractivity contribution in [2.24, 2.45) is 0 Å². The number of rotatable bonds is 4. The molecule has 0 heterocycles. The molecule has 0 bridgehead atoms. The summed E-state index contributed by atoms with van der Waals surface area (Å²) in [5.41, 5.74) is 5.02. The van der Waals surface area contributed by atoms with Crippen molar-refractivity contribution in [1.29, 1.82) is 0 Å². The molecule has 3 nitrogen and oxygen atoms in total. The summed E-state index contributed by atoms with van der Waals surface area (Å²) in [7, 11) is -3.45. The highest BCUT2D eigenvalue weighted by Crippen LogP contribution is 2.45. The van der Waals surface area contributed by atoms with Crippen LogP contribution in [0.15, 0.2) is 78.9 Å². The minimum atomic E-state index is -3.45. The summed E-state index contributed by atoms with van der Waals surface area (Å²) in [6.45, 7) is 0. The van der Waals surface area contributed by atoms with Gasteiger partial charge in [-0.2, -0.15) is 0 Å². The van der Waals surface area contributed by atoms with E-state index in [9.17, 15) is 8.42 Å². The molecule has 24 heavy (non-hydrogen) atoms. The van der Waals surface area contributed by atoms with E-state index in [-0.39, 0.29) is 11.7 Å². The highest BCUT2D eigenvalue weighted by molar-refractivity contribution is 7.92. The third-order valence-electron chi connectivity index (χ3n) is 4.40. The predicted octanol–water partition coefficient (Wildman–Crippen LogP) is 4.24. The summed E-state index contributed by atoms with van der Waals surface area (Å²) in [5, 5.41) is 0. The molecule has 0 aromatic heterocycles. The SMILES string of the molecule is O=S(=O)(CC1c2ccccc2-c2ccccc21)Nc1ccccc1. The van der Waals surface area contributed by atoms with Gasteiger partial charge in [-0.3, -0.25) is 4.72 Å². The van der Waals surface area contributed by atoms with Gasteiger partial charge in [-0.25, -0.2) is 8.42 Å². The molecule has 0 fully saturated rings. The smallest absolute Gasteiger partial charge is 0.233 e. The van der Waals surface area contributed by atoms with Gasteiger partial charge in [0.1, 0.15) is 0 Å². The van der Waals surface area contributed by atoms with Gasteiger partial charge < -0.3 is 0 Å². The second-order valence-corrected chi connectivity index (χ2v) is 7.74. The van der Waals surface area contributed by atoms with E-state index >= 15 is 0 Å². The van der Waals surface area contributed by atoms with Gasteiger partial charge in [0.05, 0.1) is 5.75 Å². The molecular weight excluding hydrogens is 318 g/mol. The normalized spacial score (nSPS) is 13.3. The first-order valence-corrected chi connectivity index (χ1v) is 9.53. The Labute approximate surface area is 142 Å². The fourth-order valence-electron chi connectivity index (χ4n) is 3.39. The minimum absolute atomic E-state index is 0.0376. The van der Waals surface area contributed by atoms with Crippen molar-refractivity contribution in [3.8, 4) is 11.1 Å². The first kappa shape index (κ1) is 15.0. The third kappa shape index (κ3) is 2.69. The molecule has 0 unspecified atom stereocenters. The maximum Gasteiger partial charge on any atom is 0.233 e. The van der Waals surface area contributed by atoms with Gasteiger partial charge in [0, 0.05) is 11.6 Å². The monoisotopic (exact) mass is 335 g/mol. The molecule has 4 heteroatoms. The highest BCUT2D eigenvalue weighted by Gasteiger charge is 2.31. The maximum absolute atomic E-state index is 12.7. The van der Waals surface area contributed by atoms with E-state index in [1.54, 1.807) is 12.1 Å². The van der Waals surface area contributed by atoms with Crippen molar-refractivity contribution >= 4 is 15.7 Å². The van der Waals surface area contributed by atoms with E-state index in [0.717, 1.165) is 22.3 Å². The van der Waals surface area contributed by atoms with Gasteiger partial charge in [0.2, 0.25) is 10.0 Å². The number of fused-ring (bicyclic) bond motifs is 3. The van der Waals surface area contributed by atoms with Crippen LogP contribution in [-0.4, -0.2) is 14.2 Å². The number of para-hydroxylation sites is 1. The Kier molecular flexibility index (Phi) is 3.62. The Balaban J connectivity index is 1.69. The molecule has 0 saturated carbocycles. The van der Waals surface area contributed by atoms with Crippen LogP contribution >= 0.6 is 0 Å². The van der Waals surface area contributed by atoms with Crippen LogP contribution < -0.4 is 4.72 Å². The number of sulfonamides is 1. The zero-order valence-corrected chi connectivity index (χ0v) is 13.8. The Hall–Kier alpha value is -2.59. The molecule has 3 aromatic rings. The molecule has 1 N–H and O–H groups in total. The number of hydrogen-bond acceptors (Lipinski definition) is 2. The fraction of sp³-hybridized carbons (Fsp3) is 0.100. The summed E-state index contributed by atoms with van der Waals surface area (Å²) in [6.07, 6.45) is 0. The van der Waals surface area contributed by atoms with Crippen LogP contribution in [-0.2, 0) is 10.0 Å². The molecule has 0 aliphatic heterocycles. The van der Waals surface area contributed by atoms with Crippen molar-refractivity contribution < 1.29 is 8.42 Å². The van der Waals surface area contributed by atoms with Crippen molar-refractivity contribution in [2.75, 3.05) is 10.5 Å². The number of hydrogen-bond donors (Lipinski definition) is 1. The predicted molar refractivity (Wildman–Crippen MR) is 97.6 cm³/mol. The summed E-state index contributed by atoms with van der Waals surface area (Å²) >= 11 is 0. The molecule has 0 atom stereocenters. The van der Waals surface area contributed by atoms with Gasteiger partial charge in [-0.15, -0.1) is 0 Å². The summed E-state index contributed by atoms with van der Waals surface area (Å²) < 4.78 is 28.0.